The fourth-order valence-electron chi connectivity index (χ4n) is 1.80. The summed E-state index contributed by atoms with van der Waals surface area (Å²) >= 11 is 0. The largest absolute Gasteiger partial charge is 0.341 e. The first-order valence-corrected chi connectivity index (χ1v) is 5.50. The van der Waals surface area contributed by atoms with Crippen LogP contribution in [0.5, 0.6) is 0 Å². The van der Waals surface area contributed by atoms with Crippen molar-refractivity contribution in [2.24, 2.45) is 11.5 Å². The Morgan fingerprint density at radius 2 is 1.93 bits per heavy atom. The predicted molar refractivity (Wildman–Crippen MR) is 56.7 cm³/mol. The first-order valence-electron chi connectivity index (χ1n) is 5.50. The summed E-state index contributed by atoms with van der Waals surface area (Å²) in [5.41, 5.74) is 11.2. The molecular formula is C10H21N3O. The van der Waals surface area contributed by atoms with Crippen molar-refractivity contribution in [3.05, 3.63) is 0 Å². The molecule has 0 aromatic carbocycles. The van der Waals surface area contributed by atoms with Crippen LogP contribution in [-0.4, -0.2) is 36.5 Å². The molecule has 82 valence electrons. The lowest BCUT2D eigenvalue weighted by atomic mass is 10.1. The maximum atomic E-state index is 11.7. The second-order valence-electron chi connectivity index (χ2n) is 3.92. The first kappa shape index (κ1) is 11.5. The molecule has 0 spiro atoms. The van der Waals surface area contributed by atoms with E-state index in [0.717, 1.165) is 45.2 Å². The van der Waals surface area contributed by atoms with Crippen molar-refractivity contribution < 1.29 is 4.79 Å². The van der Waals surface area contributed by atoms with Gasteiger partial charge in [-0.1, -0.05) is 6.42 Å². The van der Waals surface area contributed by atoms with Gasteiger partial charge in [-0.2, -0.15) is 0 Å². The van der Waals surface area contributed by atoms with Crippen molar-refractivity contribution in [2.75, 3.05) is 19.6 Å². The number of carbonyl (C=O) groups excluding carboxylic acids is 1. The molecule has 1 aliphatic rings. The van der Waals surface area contributed by atoms with Crippen LogP contribution in [0.3, 0.4) is 0 Å². The molecule has 1 fully saturated rings. The maximum Gasteiger partial charge on any atom is 0.239 e. The molecule has 4 nitrogen and oxygen atoms in total. The van der Waals surface area contributed by atoms with Gasteiger partial charge in [-0.25, -0.2) is 0 Å². The van der Waals surface area contributed by atoms with E-state index in [1.807, 2.05) is 4.90 Å². The quantitative estimate of drug-likeness (QED) is 0.615. The molecule has 0 bridgehead atoms. The first-order chi connectivity index (χ1) is 6.75. The normalized spacial score (nSPS) is 18.6. The molecular weight excluding hydrogens is 178 g/mol. The van der Waals surface area contributed by atoms with Gasteiger partial charge in [0.1, 0.15) is 0 Å². The van der Waals surface area contributed by atoms with Gasteiger partial charge in [0.2, 0.25) is 5.91 Å². The second-order valence-corrected chi connectivity index (χ2v) is 3.92. The minimum Gasteiger partial charge on any atom is -0.341 e. The van der Waals surface area contributed by atoms with Gasteiger partial charge in [0, 0.05) is 13.1 Å². The number of rotatable bonds is 5. The molecule has 0 aromatic rings. The third-order valence-corrected chi connectivity index (χ3v) is 2.70. The van der Waals surface area contributed by atoms with Crippen LogP contribution in [0, 0.1) is 0 Å². The maximum absolute atomic E-state index is 11.7. The van der Waals surface area contributed by atoms with Gasteiger partial charge in [0.25, 0.3) is 0 Å². The van der Waals surface area contributed by atoms with Crippen LogP contribution < -0.4 is 11.5 Å². The predicted octanol–water partition coefficient (Wildman–Crippen LogP) is 0.0651. The smallest absolute Gasteiger partial charge is 0.239 e. The van der Waals surface area contributed by atoms with Crippen LogP contribution >= 0.6 is 0 Å². The number of likely N-dealkylation sites (tertiary alicyclic amines) is 1. The molecule has 1 amide bonds. The molecule has 0 unspecified atom stereocenters. The number of hydrogen-bond donors (Lipinski definition) is 2. The molecule has 0 saturated carbocycles. The van der Waals surface area contributed by atoms with Gasteiger partial charge >= 0.3 is 0 Å². The highest BCUT2D eigenvalue weighted by Gasteiger charge is 2.22. The minimum absolute atomic E-state index is 0.125. The van der Waals surface area contributed by atoms with Crippen LogP contribution in [0.4, 0.5) is 0 Å². The Balaban J connectivity index is 2.21. The summed E-state index contributed by atoms with van der Waals surface area (Å²) in [7, 11) is 0. The van der Waals surface area contributed by atoms with Crippen molar-refractivity contribution in [3.63, 3.8) is 0 Å². The molecule has 1 atom stereocenters. The lowest BCUT2D eigenvalue weighted by Gasteiger charge is -2.19. The summed E-state index contributed by atoms with van der Waals surface area (Å²) < 4.78 is 0. The SMILES string of the molecule is NCCCC[C@H](N)C(=O)N1CCCC1. The molecule has 0 aromatic heterocycles. The number of unbranched alkanes of at least 4 members (excludes halogenated alkanes) is 1. The Kier molecular flexibility index (Phi) is 4.90. The van der Waals surface area contributed by atoms with Gasteiger partial charge in [-0.15, -0.1) is 0 Å². The van der Waals surface area contributed by atoms with Crippen molar-refractivity contribution in [1.82, 2.24) is 4.90 Å². The molecule has 4 heteroatoms. The van der Waals surface area contributed by atoms with Crippen LogP contribution in [0.1, 0.15) is 32.1 Å². The van der Waals surface area contributed by atoms with Gasteiger partial charge in [-0.3, -0.25) is 4.79 Å². The fraction of sp³-hybridized carbons (Fsp3) is 0.900. The van der Waals surface area contributed by atoms with Crippen LogP contribution in [0.2, 0.25) is 0 Å². The Labute approximate surface area is 85.6 Å². The Bertz CT molecular complexity index is 178. The number of nitrogens with zero attached hydrogens (tertiary/aromatic N) is 1. The summed E-state index contributed by atoms with van der Waals surface area (Å²) in [4.78, 5) is 13.6. The summed E-state index contributed by atoms with van der Waals surface area (Å²) in [5.74, 6) is 0.125. The topological polar surface area (TPSA) is 72.3 Å². The Morgan fingerprint density at radius 1 is 1.29 bits per heavy atom. The van der Waals surface area contributed by atoms with E-state index >= 15 is 0 Å². The second kappa shape index (κ2) is 5.98. The van der Waals surface area contributed by atoms with Crippen LogP contribution in [0.25, 0.3) is 0 Å². The standard InChI is InChI=1S/C10H21N3O/c11-6-2-1-5-9(12)10(14)13-7-3-4-8-13/h9H,1-8,11-12H2/t9-/m0/s1. The monoisotopic (exact) mass is 199 g/mol. The van der Waals surface area contributed by atoms with E-state index in [-0.39, 0.29) is 11.9 Å². The van der Waals surface area contributed by atoms with Crippen molar-refractivity contribution in [1.29, 1.82) is 0 Å². The number of carbonyl (C=O) groups is 1. The lowest BCUT2D eigenvalue weighted by molar-refractivity contribution is -0.131. The highest BCUT2D eigenvalue weighted by molar-refractivity contribution is 5.81. The third kappa shape index (κ3) is 3.27. The minimum atomic E-state index is -0.306. The molecule has 0 aliphatic carbocycles. The fourth-order valence-corrected chi connectivity index (χ4v) is 1.80. The zero-order chi connectivity index (χ0) is 10.4. The van der Waals surface area contributed by atoms with E-state index in [2.05, 4.69) is 0 Å². The third-order valence-electron chi connectivity index (χ3n) is 2.70. The van der Waals surface area contributed by atoms with Crippen molar-refractivity contribution in [3.8, 4) is 0 Å². The molecule has 4 N–H and O–H groups in total. The van der Waals surface area contributed by atoms with Crippen molar-refractivity contribution in [2.45, 2.75) is 38.1 Å². The highest BCUT2D eigenvalue weighted by atomic mass is 16.2. The average molecular weight is 199 g/mol. The van der Waals surface area contributed by atoms with Gasteiger partial charge in [0.05, 0.1) is 6.04 Å². The molecule has 0 radical (unpaired) electrons. The zero-order valence-corrected chi connectivity index (χ0v) is 8.74. The molecule has 1 aliphatic heterocycles. The van der Waals surface area contributed by atoms with E-state index in [9.17, 15) is 4.79 Å². The molecule has 1 saturated heterocycles. The van der Waals surface area contributed by atoms with E-state index in [4.69, 9.17) is 11.5 Å². The number of nitrogens with two attached hydrogens (primary N) is 2. The summed E-state index contributed by atoms with van der Waals surface area (Å²) in [6, 6.07) is -0.306. The lowest BCUT2D eigenvalue weighted by Crippen LogP contribution is -2.42. The highest BCUT2D eigenvalue weighted by Crippen LogP contribution is 2.10. The van der Waals surface area contributed by atoms with E-state index in [1.165, 1.54) is 0 Å². The molecule has 14 heavy (non-hydrogen) atoms. The summed E-state index contributed by atoms with van der Waals surface area (Å²) in [6.45, 7) is 2.47. The zero-order valence-electron chi connectivity index (χ0n) is 8.74. The van der Waals surface area contributed by atoms with E-state index < -0.39 is 0 Å². The van der Waals surface area contributed by atoms with E-state index in [0.29, 0.717) is 6.54 Å². The average Bonchev–Trinajstić information content (AvgIpc) is 2.69. The van der Waals surface area contributed by atoms with Crippen molar-refractivity contribution >= 4 is 5.91 Å². The van der Waals surface area contributed by atoms with Gasteiger partial charge in [0.15, 0.2) is 0 Å². The van der Waals surface area contributed by atoms with Gasteiger partial charge in [-0.05, 0) is 32.2 Å². The Morgan fingerprint density at radius 3 is 2.50 bits per heavy atom. The van der Waals surface area contributed by atoms with Gasteiger partial charge < -0.3 is 16.4 Å². The van der Waals surface area contributed by atoms with Crippen LogP contribution in [-0.2, 0) is 4.79 Å². The molecule has 1 rings (SSSR count). The Hall–Kier alpha value is -0.610. The summed E-state index contributed by atoms with van der Waals surface area (Å²) in [6.07, 6.45) is 4.94. The van der Waals surface area contributed by atoms with Crippen LogP contribution in [0.15, 0.2) is 0 Å². The van der Waals surface area contributed by atoms with E-state index in [1.54, 1.807) is 0 Å². The number of hydrogen-bond acceptors (Lipinski definition) is 3. The molecule has 1 heterocycles. The number of amides is 1. The summed E-state index contributed by atoms with van der Waals surface area (Å²) in [5, 5.41) is 0.